The van der Waals surface area contributed by atoms with Gasteiger partial charge in [-0.05, 0) is 38.9 Å². The first-order valence-corrected chi connectivity index (χ1v) is 9.86. The number of carbonyl (C=O) groups excluding carboxylic acids is 1. The summed E-state index contributed by atoms with van der Waals surface area (Å²) in [6.45, 7) is 7.32. The Bertz CT molecular complexity index is 368. The third kappa shape index (κ3) is 3.42. The highest BCUT2D eigenvalue weighted by Gasteiger charge is 2.48. The van der Waals surface area contributed by atoms with Crippen LogP contribution in [0.2, 0.25) is 0 Å². The molecule has 1 saturated heterocycles. The highest BCUT2D eigenvalue weighted by atomic mass is 32.2. The molecule has 2 atom stereocenters. The molecule has 0 aromatic rings. The van der Waals surface area contributed by atoms with Crippen molar-refractivity contribution in [2.45, 2.75) is 88.6 Å². The van der Waals surface area contributed by atoms with Crippen LogP contribution in [0.15, 0.2) is 0 Å². The Morgan fingerprint density at radius 1 is 1.29 bits per heavy atom. The number of amides is 1. The van der Waals surface area contributed by atoms with Gasteiger partial charge in [-0.15, -0.1) is 0 Å². The van der Waals surface area contributed by atoms with E-state index >= 15 is 0 Å². The lowest BCUT2D eigenvalue weighted by molar-refractivity contribution is -0.133. The third-order valence-corrected chi connectivity index (χ3v) is 6.92. The third-order valence-electron chi connectivity index (χ3n) is 5.52. The second-order valence-corrected chi connectivity index (χ2v) is 8.29. The fourth-order valence-corrected chi connectivity index (χ4v) is 4.80. The van der Waals surface area contributed by atoms with Gasteiger partial charge in [0.05, 0.1) is 11.7 Å². The Kier molecular flexibility index (Phi) is 5.64. The van der Waals surface area contributed by atoms with Crippen LogP contribution in [0, 0.1) is 0 Å². The summed E-state index contributed by atoms with van der Waals surface area (Å²) in [5.41, 5.74) is -0.353. The fourth-order valence-electron chi connectivity index (χ4n) is 3.84. The molecule has 2 fully saturated rings. The second-order valence-electron chi connectivity index (χ2n) is 7.02. The van der Waals surface area contributed by atoms with Crippen LogP contribution in [0.4, 0.5) is 0 Å². The zero-order valence-corrected chi connectivity index (χ0v) is 15.0. The largest absolute Gasteiger partial charge is 0.324 e. The standard InChI is InChI=1S/C17H32N2OS/c1-5-10-14-18-16(3,6-2)15(20)19(14)13-17(21-4)11-8-7-9-12-17/h14,18H,5-13H2,1-4H3. The van der Waals surface area contributed by atoms with Crippen molar-refractivity contribution >= 4 is 17.7 Å². The summed E-state index contributed by atoms with van der Waals surface area (Å²) in [7, 11) is 0. The lowest BCUT2D eigenvalue weighted by Gasteiger charge is -2.40. The topological polar surface area (TPSA) is 32.3 Å². The number of rotatable bonds is 6. The molecule has 1 N–H and O–H groups in total. The Hall–Kier alpha value is -0.220. The van der Waals surface area contributed by atoms with Gasteiger partial charge in [-0.1, -0.05) is 39.5 Å². The van der Waals surface area contributed by atoms with E-state index in [1.165, 1.54) is 32.1 Å². The molecule has 3 nitrogen and oxygen atoms in total. The average molecular weight is 313 g/mol. The summed E-state index contributed by atoms with van der Waals surface area (Å²) < 4.78 is 0.292. The van der Waals surface area contributed by atoms with Gasteiger partial charge in [0.15, 0.2) is 0 Å². The highest BCUT2D eigenvalue weighted by Crippen LogP contribution is 2.41. The monoisotopic (exact) mass is 312 g/mol. The molecule has 1 aliphatic heterocycles. The SMILES string of the molecule is CCCC1NC(C)(CC)C(=O)N1CC1(SC)CCCCC1. The first-order chi connectivity index (χ1) is 10.0. The molecule has 0 aromatic heterocycles. The van der Waals surface area contributed by atoms with E-state index in [4.69, 9.17) is 0 Å². The van der Waals surface area contributed by atoms with Gasteiger partial charge in [-0.2, -0.15) is 11.8 Å². The maximum Gasteiger partial charge on any atom is 0.243 e. The molecule has 2 unspecified atom stereocenters. The zero-order chi connectivity index (χ0) is 15.5. The van der Waals surface area contributed by atoms with Crippen LogP contribution in [0.5, 0.6) is 0 Å². The van der Waals surface area contributed by atoms with Crippen molar-refractivity contribution in [3.63, 3.8) is 0 Å². The van der Waals surface area contributed by atoms with Crippen LogP contribution in [0.3, 0.4) is 0 Å². The first-order valence-electron chi connectivity index (χ1n) is 8.64. The molecular weight excluding hydrogens is 280 g/mol. The molecule has 1 heterocycles. The number of nitrogens with zero attached hydrogens (tertiary/aromatic N) is 1. The van der Waals surface area contributed by atoms with Crippen LogP contribution in [-0.2, 0) is 4.79 Å². The molecule has 122 valence electrons. The summed E-state index contributed by atoms with van der Waals surface area (Å²) in [4.78, 5) is 15.1. The number of carbonyl (C=O) groups is 1. The fraction of sp³-hybridized carbons (Fsp3) is 0.941. The number of thioether (sulfide) groups is 1. The van der Waals surface area contributed by atoms with Crippen LogP contribution >= 0.6 is 11.8 Å². The van der Waals surface area contributed by atoms with Gasteiger partial charge >= 0.3 is 0 Å². The molecule has 21 heavy (non-hydrogen) atoms. The van der Waals surface area contributed by atoms with Crippen molar-refractivity contribution in [3.05, 3.63) is 0 Å². The summed E-state index contributed by atoms with van der Waals surface area (Å²) >= 11 is 1.99. The smallest absolute Gasteiger partial charge is 0.243 e. The Labute approximate surface area is 134 Å². The number of nitrogens with one attached hydrogen (secondary N) is 1. The Balaban J connectivity index is 2.16. The predicted octanol–water partition coefficient (Wildman–Crippen LogP) is 3.78. The zero-order valence-electron chi connectivity index (χ0n) is 14.2. The molecule has 0 aromatic carbocycles. The van der Waals surface area contributed by atoms with Gasteiger partial charge in [0.2, 0.25) is 5.91 Å². The molecule has 1 amide bonds. The maximum absolute atomic E-state index is 12.9. The first kappa shape index (κ1) is 17.1. The van der Waals surface area contributed by atoms with E-state index in [1.54, 1.807) is 0 Å². The average Bonchev–Trinajstić information content (AvgIpc) is 2.74. The number of hydrogen-bond acceptors (Lipinski definition) is 3. The summed E-state index contributed by atoms with van der Waals surface area (Å²) in [6, 6.07) is 0. The quantitative estimate of drug-likeness (QED) is 0.810. The van der Waals surface area contributed by atoms with Gasteiger partial charge in [0.25, 0.3) is 0 Å². The molecule has 2 aliphatic rings. The van der Waals surface area contributed by atoms with Gasteiger partial charge in [-0.3, -0.25) is 10.1 Å². The van der Waals surface area contributed by atoms with E-state index in [0.717, 1.165) is 25.8 Å². The maximum atomic E-state index is 12.9. The minimum absolute atomic E-state index is 0.235. The lowest BCUT2D eigenvalue weighted by Crippen LogP contribution is -2.47. The Morgan fingerprint density at radius 3 is 2.48 bits per heavy atom. The van der Waals surface area contributed by atoms with Crippen molar-refractivity contribution < 1.29 is 4.79 Å². The van der Waals surface area contributed by atoms with Crippen LogP contribution in [0.25, 0.3) is 0 Å². The van der Waals surface area contributed by atoms with Gasteiger partial charge in [-0.25, -0.2) is 0 Å². The Morgan fingerprint density at radius 2 is 1.95 bits per heavy atom. The second kappa shape index (κ2) is 6.91. The summed E-state index contributed by atoms with van der Waals surface area (Å²) in [6.07, 6.45) is 12.0. The molecule has 1 aliphatic carbocycles. The van der Waals surface area contributed by atoms with Crippen molar-refractivity contribution in [3.8, 4) is 0 Å². The van der Waals surface area contributed by atoms with Crippen LogP contribution < -0.4 is 5.32 Å². The molecular formula is C17H32N2OS. The molecule has 1 saturated carbocycles. The summed E-state index contributed by atoms with van der Waals surface area (Å²) in [5.74, 6) is 0.322. The predicted molar refractivity (Wildman–Crippen MR) is 91.6 cm³/mol. The van der Waals surface area contributed by atoms with Gasteiger partial charge in [0.1, 0.15) is 0 Å². The van der Waals surface area contributed by atoms with Crippen molar-refractivity contribution in [2.24, 2.45) is 0 Å². The lowest BCUT2D eigenvalue weighted by atomic mass is 9.87. The van der Waals surface area contributed by atoms with Gasteiger partial charge in [0, 0.05) is 11.3 Å². The van der Waals surface area contributed by atoms with Crippen molar-refractivity contribution in [1.82, 2.24) is 10.2 Å². The minimum Gasteiger partial charge on any atom is -0.324 e. The van der Waals surface area contributed by atoms with E-state index in [-0.39, 0.29) is 11.7 Å². The van der Waals surface area contributed by atoms with E-state index in [9.17, 15) is 4.79 Å². The molecule has 4 heteroatoms. The van der Waals surface area contributed by atoms with Crippen molar-refractivity contribution in [2.75, 3.05) is 12.8 Å². The molecule has 0 radical (unpaired) electrons. The molecule has 0 spiro atoms. The normalized spacial score (nSPS) is 32.7. The van der Waals surface area contributed by atoms with E-state index < -0.39 is 0 Å². The summed E-state index contributed by atoms with van der Waals surface area (Å²) in [5, 5.41) is 3.62. The molecule has 2 rings (SSSR count). The highest BCUT2D eigenvalue weighted by molar-refractivity contribution is 8.00. The van der Waals surface area contributed by atoms with Crippen molar-refractivity contribution in [1.29, 1.82) is 0 Å². The van der Waals surface area contributed by atoms with Gasteiger partial charge < -0.3 is 4.90 Å². The number of hydrogen-bond donors (Lipinski definition) is 1. The minimum atomic E-state index is -0.353. The van der Waals surface area contributed by atoms with E-state index in [0.29, 0.717) is 10.7 Å². The van der Waals surface area contributed by atoms with Crippen LogP contribution in [0.1, 0.15) is 72.1 Å². The van der Waals surface area contributed by atoms with E-state index in [2.05, 4.69) is 37.2 Å². The van der Waals surface area contributed by atoms with E-state index in [1.807, 2.05) is 11.8 Å². The van der Waals surface area contributed by atoms with Crippen LogP contribution in [-0.4, -0.2) is 40.1 Å². The molecule has 0 bridgehead atoms.